The normalized spacial score (nSPS) is 16.6. The van der Waals surface area contributed by atoms with Crippen LogP contribution in [0.2, 0.25) is 0 Å². The number of carbonyl (C=O) groups is 1. The van der Waals surface area contributed by atoms with Gasteiger partial charge in [-0.2, -0.15) is 0 Å². The van der Waals surface area contributed by atoms with Crippen molar-refractivity contribution in [2.24, 2.45) is 0 Å². The summed E-state index contributed by atoms with van der Waals surface area (Å²) >= 11 is 0. The van der Waals surface area contributed by atoms with Crippen molar-refractivity contribution >= 4 is 5.91 Å². The molecule has 0 saturated heterocycles. The fourth-order valence-corrected chi connectivity index (χ4v) is 3.04. The van der Waals surface area contributed by atoms with Gasteiger partial charge in [0.1, 0.15) is 0 Å². The van der Waals surface area contributed by atoms with Crippen molar-refractivity contribution in [1.29, 1.82) is 0 Å². The van der Waals surface area contributed by atoms with E-state index >= 15 is 0 Å². The second-order valence-electron chi connectivity index (χ2n) is 6.57. The zero-order chi connectivity index (χ0) is 16.8. The van der Waals surface area contributed by atoms with Crippen molar-refractivity contribution in [2.45, 2.75) is 90.6 Å². The Morgan fingerprint density at radius 1 is 1.04 bits per heavy atom. The predicted octanol–water partition coefficient (Wildman–Crippen LogP) is 4.14. The summed E-state index contributed by atoms with van der Waals surface area (Å²) in [5.41, 5.74) is 0. The van der Waals surface area contributed by atoms with Gasteiger partial charge in [0.05, 0.1) is 6.17 Å². The first-order chi connectivity index (χ1) is 11.3. The lowest BCUT2D eigenvalue weighted by Crippen LogP contribution is -2.39. The van der Waals surface area contributed by atoms with Gasteiger partial charge in [-0.25, -0.2) is 0 Å². The van der Waals surface area contributed by atoms with Crippen LogP contribution in [0.25, 0.3) is 0 Å². The standard InChI is InChI=1S/C19H37N3O/c1-3-5-6-7-8-9-10-11-12-13-19(23)21-15-17-22-16-14-20-18(22)4-2/h14,16,18,20H,3-13,15,17H2,1-2H3,(H,21,23). The predicted molar refractivity (Wildman–Crippen MR) is 97.9 cm³/mol. The molecule has 1 atom stereocenters. The third kappa shape index (κ3) is 9.52. The second kappa shape index (κ2) is 13.3. The van der Waals surface area contributed by atoms with Gasteiger partial charge in [-0.1, -0.05) is 65.2 Å². The molecule has 4 heteroatoms. The first-order valence-electron chi connectivity index (χ1n) is 9.73. The number of rotatable bonds is 14. The summed E-state index contributed by atoms with van der Waals surface area (Å²) in [4.78, 5) is 14.1. The molecule has 23 heavy (non-hydrogen) atoms. The van der Waals surface area contributed by atoms with Gasteiger partial charge >= 0.3 is 0 Å². The van der Waals surface area contributed by atoms with Gasteiger partial charge in [-0.15, -0.1) is 0 Å². The number of nitrogens with one attached hydrogen (secondary N) is 2. The molecule has 1 unspecified atom stereocenters. The van der Waals surface area contributed by atoms with Gasteiger partial charge in [-0.3, -0.25) is 4.79 Å². The number of hydrogen-bond acceptors (Lipinski definition) is 3. The molecule has 0 spiro atoms. The highest BCUT2D eigenvalue weighted by Crippen LogP contribution is 2.10. The van der Waals surface area contributed by atoms with Crippen LogP contribution in [-0.2, 0) is 4.79 Å². The van der Waals surface area contributed by atoms with E-state index in [1.165, 1.54) is 51.4 Å². The molecule has 0 bridgehead atoms. The smallest absolute Gasteiger partial charge is 0.220 e. The molecule has 0 fully saturated rings. The maximum atomic E-state index is 11.8. The molecule has 1 heterocycles. The number of unbranched alkanes of at least 4 members (excludes halogenated alkanes) is 8. The first-order valence-corrected chi connectivity index (χ1v) is 9.73. The Labute approximate surface area is 143 Å². The minimum atomic E-state index is 0.206. The topological polar surface area (TPSA) is 44.4 Å². The van der Waals surface area contributed by atoms with E-state index in [1.54, 1.807) is 0 Å². The van der Waals surface area contributed by atoms with Crippen molar-refractivity contribution in [3.05, 3.63) is 12.4 Å². The lowest BCUT2D eigenvalue weighted by Gasteiger charge is -2.24. The summed E-state index contributed by atoms with van der Waals surface area (Å²) in [7, 11) is 0. The van der Waals surface area contributed by atoms with Gasteiger partial charge in [-0.05, 0) is 12.8 Å². The number of nitrogens with zero attached hydrogens (tertiary/aromatic N) is 1. The van der Waals surface area contributed by atoms with Crippen LogP contribution < -0.4 is 10.6 Å². The molecular weight excluding hydrogens is 286 g/mol. The Morgan fingerprint density at radius 3 is 2.35 bits per heavy atom. The van der Waals surface area contributed by atoms with Crippen LogP contribution in [0.1, 0.15) is 84.5 Å². The molecule has 1 amide bonds. The molecule has 0 aromatic heterocycles. The van der Waals surface area contributed by atoms with Crippen LogP contribution in [0.3, 0.4) is 0 Å². The summed E-state index contributed by atoms with van der Waals surface area (Å²) in [6, 6.07) is 0. The molecule has 0 aromatic rings. The van der Waals surface area contributed by atoms with E-state index in [0.29, 0.717) is 12.6 Å². The van der Waals surface area contributed by atoms with Crippen LogP contribution in [0.15, 0.2) is 12.4 Å². The molecule has 0 saturated carbocycles. The summed E-state index contributed by atoms with van der Waals surface area (Å²) in [5.74, 6) is 0.206. The minimum absolute atomic E-state index is 0.206. The first kappa shape index (κ1) is 19.9. The molecule has 0 radical (unpaired) electrons. The van der Waals surface area contributed by atoms with Gasteiger partial charge in [0.15, 0.2) is 0 Å². The van der Waals surface area contributed by atoms with Crippen molar-refractivity contribution in [3.63, 3.8) is 0 Å². The summed E-state index contributed by atoms with van der Waals surface area (Å²) < 4.78 is 0. The molecular formula is C19H37N3O. The Hall–Kier alpha value is -1.19. The fraction of sp³-hybridized carbons (Fsp3) is 0.842. The van der Waals surface area contributed by atoms with E-state index in [1.807, 2.05) is 6.20 Å². The SMILES string of the molecule is CCCCCCCCCCCC(=O)NCCN1C=CNC1CC. The molecule has 4 nitrogen and oxygen atoms in total. The minimum Gasteiger partial charge on any atom is -0.370 e. The molecule has 1 rings (SSSR count). The Morgan fingerprint density at radius 2 is 1.70 bits per heavy atom. The summed E-state index contributed by atoms with van der Waals surface area (Å²) in [6.45, 7) is 6.04. The highest BCUT2D eigenvalue weighted by atomic mass is 16.1. The number of carbonyl (C=O) groups excluding carboxylic acids is 1. The molecule has 134 valence electrons. The quantitative estimate of drug-likeness (QED) is 0.472. The third-order valence-electron chi connectivity index (χ3n) is 4.54. The van der Waals surface area contributed by atoms with E-state index in [0.717, 1.165) is 25.9 Å². The van der Waals surface area contributed by atoms with E-state index in [4.69, 9.17) is 0 Å². The van der Waals surface area contributed by atoms with Crippen LogP contribution in [0.5, 0.6) is 0 Å². The average Bonchev–Trinajstić information content (AvgIpc) is 3.01. The fourth-order valence-electron chi connectivity index (χ4n) is 3.04. The Bertz CT molecular complexity index is 331. The lowest BCUT2D eigenvalue weighted by atomic mass is 10.1. The van der Waals surface area contributed by atoms with Gasteiger partial charge in [0, 0.05) is 31.9 Å². The summed E-state index contributed by atoms with van der Waals surface area (Å²) in [6.07, 6.45) is 17.9. The zero-order valence-electron chi connectivity index (χ0n) is 15.3. The molecule has 1 aliphatic heterocycles. The zero-order valence-corrected chi connectivity index (χ0v) is 15.3. The largest absolute Gasteiger partial charge is 0.370 e. The van der Waals surface area contributed by atoms with E-state index in [9.17, 15) is 4.79 Å². The third-order valence-corrected chi connectivity index (χ3v) is 4.54. The van der Waals surface area contributed by atoms with Crippen LogP contribution >= 0.6 is 0 Å². The lowest BCUT2D eigenvalue weighted by molar-refractivity contribution is -0.121. The van der Waals surface area contributed by atoms with Crippen molar-refractivity contribution < 1.29 is 4.79 Å². The second-order valence-corrected chi connectivity index (χ2v) is 6.57. The van der Waals surface area contributed by atoms with E-state index in [2.05, 4.69) is 35.6 Å². The van der Waals surface area contributed by atoms with Crippen LogP contribution in [0, 0.1) is 0 Å². The Balaban J connectivity index is 1.88. The Kier molecular flexibility index (Phi) is 11.5. The maximum absolute atomic E-state index is 11.8. The number of hydrogen-bond donors (Lipinski definition) is 2. The van der Waals surface area contributed by atoms with Gasteiger partial charge < -0.3 is 15.5 Å². The average molecular weight is 324 g/mol. The van der Waals surface area contributed by atoms with E-state index in [-0.39, 0.29) is 5.91 Å². The highest BCUT2D eigenvalue weighted by Gasteiger charge is 2.15. The molecule has 0 aromatic carbocycles. The molecule has 0 aliphatic carbocycles. The van der Waals surface area contributed by atoms with Crippen molar-refractivity contribution in [3.8, 4) is 0 Å². The van der Waals surface area contributed by atoms with Crippen molar-refractivity contribution in [1.82, 2.24) is 15.5 Å². The maximum Gasteiger partial charge on any atom is 0.220 e. The van der Waals surface area contributed by atoms with Crippen LogP contribution in [-0.4, -0.2) is 30.1 Å². The van der Waals surface area contributed by atoms with E-state index < -0.39 is 0 Å². The van der Waals surface area contributed by atoms with Crippen LogP contribution in [0.4, 0.5) is 0 Å². The number of amides is 1. The monoisotopic (exact) mass is 323 g/mol. The van der Waals surface area contributed by atoms with Crippen molar-refractivity contribution in [2.75, 3.05) is 13.1 Å². The van der Waals surface area contributed by atoms with Gasteiger partial charge in [0.25, 0.3) is 0 Å². The summed E-state index contributed by atoms with van der Waals surface area (Å²) in [5, 5.41) is 6.33. The molecule has 1 aliphatic rings. The molecule has 2 N–H and O–H groups in total. The highest BCUT2D eigenvalue weighted by molar-refractivity contribution is 5.75. The van der Waals surface area contributed by atoms with Gasteiger partial charge in [0.2, 0.25) is 5.91 Å².